The largest absolute Gasteiger partial charge is 0.444 e. The van der Waals surface area contributed by atoms with Gasteiger partial charge in [0.25, 0.3) is 5.91 Å². The maximum atomic E-state index is 12.6. The van der Waals surface area contributed by atoms with Gasteiger partial charge in [0.05, 0.1) is 0 Å². The lowest BCUT2D eigenvalue weighted by Crippen LogP contribution is -2.40. The van der Waals surface area contributed by atoms with Crippen molar-refractivity contribution in [1.82, 2.24) is 9.80 Å². The van der Waals surface area contributed by atoms with Gasteiger partial charge in [-0.2, -0.15) is 0 Å². The fourth-order valence-electron chi connectivity index (χ4n) is 2.43. The Hall–Kier alpha value is -1.31. The van der Waals surface area contributed by atoms with Crippen molar-refractivity contribution in [3.63, 3.8) is 0 Å². The molecule has 2 rings (SSSR count). The van der Waals surface area contributed by atoms with Gasteiger partial charge in [-0.05, 0) is 68.0 Å². The molecule has 1 aromatic carbocycles. The summed E-state index contributed by atoms with van der Waals surface area (Å²) in [5.74, 6) is 0.0227. The number of halogens is 1. The Balaban J connectivity index is 1.98. The molecule has 1 aromatic rings. The lowest BCUT2D eigenvalue weighted by Gasteiger charge is -2.26. The Labute approximate surface area is 151 Å². The minimum Gasteiger partial charge on any atom is -0.444 e. The first-order valence-corrected chi connectivity index (χ1v) is 8.87. The number of benzene rings is 1. The van der Waals surface area contributed by atoms with Gasteiger partial charge in [-0.25, -0.2) is 4.79 Å². The molecule has 1 saturated heterocycles. The SMILES string of the molecule is CC(C)(C)OC(=O)N1CCCN(C(=O)c2cccc(I)c2)CC1. The van der Waals surface area contributed by atoms with Crippen LogP contribution < -0.4 is 0 Å². The Morgan fingerprint density at radius 1 is 1.09 bits per heavy atom. The molecular formula is C17H23IN2O3. The van der Waals surface area contributed by atoms with Crippen LogP contribution in [0, 0.1) is 3.57 Å². The summed E-state index contributed by atoms with van der Waals surface area (Å²) in [6.07, 6.45) is 0.454. The van der Waals surface area contributed by atoms with Gasteiger partial charge in [-0.1, -0.05) is 6.07 Å². The predicted molar refractivity (Wildman–Crippen MR) is 97.5 cm³/mol. The Bertz CT molecular complexity index is 583. The molecule has 0 aromatic heterocycles. The molecule has 0 aliphatic carbocycles. The minimum atomic E-state index is -0.500. The molecule has 1 fully saturated rings. The average Bonchev–Trinajstić information content (AvgIpc) is 2.70. The summed E-state index contributed by atoms with van der Waals surface area (Å²) in [7, 11) is 0. The molecule has 5 nitrogen and oxygen atoms in total. The smallest absolute Gasteiger partial charge is 0.410 e. The van der Waals surface area contributed by atoms with E-state index in [0.29, 0.717) is 31.7 Å². The Morgan fingerprint density at radius 3 is 2.39 bits per heavy atom. The molecule has 2 amide bonds. The monoisotopic (exact) mass is 430 g/mol. The highest BCUT2D eigenvalue weighted by Gasteiger charge is 2.26. The van der Waals surface area contributed by atoms with E-state index < -0.39 is 5.60 Å². The lowest BCUT2D eigenvalue weighted by atomic mass is 10.2. The molecule has 0 N–H and O–H groups in total. The summed E-state index contributed by atoms with van der Waals surface area (Å²) in [6.45, 7) is 7.88. The molecule has 0 saturated carbocycles. The van der Waals surface area contributed by atoms with E-state index in [2.05, 4.69) is 22.6 Å². The highest BCUT2D eigenvalue weighted by molar-refractivity contribution is 14.1. The molecule has 0 unspecified atom stereocenters. The third-order valence-electron chi connectivity index (χ3n) is 3.51. The summed E-state index contributed by atoms with van der Waals surface area (Å²) in [5.41, 5.74) is 0.196. The molecule has 126 valence electrons. The van der Waals surface area contributed by atoms with Crippen molar-refractivity contribution in [1.29, 1.82) is 0 Å². The van der Waals surface area contributed by atoms with Gasteiger partial charge in [0.2, 0.25) is 0 Å². The van der Waals surface area contributed by atoms with Crippen LogP contribution in [0.2, 0.25) is 0 Å². The Morgan fingerprint density at radius 2 is 1.74 bits per heavy atom. The molecule has 1 aliphatic heterocycles. The van der Waals surface area contributed by atoms with Crippen molar-refractivity contribution in [2.24, 2.45) is 0 Å². The molecule has 0 bridgehead atoms. The zero-order chi connectivity index (χ0) is 17.0. The number of carbonyl (C=O) groups excluding carboxylic acids is 2. The van der Waals surface area contributed by atoms with Crippen molar-refractivity contribution in [3.8, 4) is 0 Å². The quantitative estimate of drug-likeness (QED) is 0.643. The van der Waals surface area contributed by atoms with E-state index in [1.807, 2.05) is 49.9 Å². The van der Waals surface area contributed by atoms with Gasteiger partial charge in [-0.15, -0.1) is 0 Å². The second kappa shape index (κ2) is 7.51. The van der Waals surface area contributed by atoms with Gasteiger partial charge in [0.15, 0.2) is 0 Å². The van der Waals surface area contributed by atoms with Gasteiger partial charge in [0, 0.05) is 35.3 Å². The van der Waals surface area contributed by atoms with E-state index in [4.69, 9.17) is 4.74 Å². The van der Waals surface area contributed by atoms with Crippen LogP contribution in [0.1, 0.15) is 37.6 Å². The van der Waals surface area contributed by atoms with E-state index in [1.165, 1.54) is 0 Å². The van der Waals surface area contributed by atoms with Gasteiger partial charge in [-0.3, -0.25) is 4.79 Å². The van der Waals surface area contributed by atoms with Crippen molar-refractivity contribution in [2.75, 3.05) is 26.2 Å². The van der Waals surface area contributed by atoms with Crippen LogP contribution in [0.15, 0.2) is 24.3 Å². The van der Waals surface area contributed by atoms with Crippen LogP contribution >= 0.6 is 22.6 Å². The molecule has 0 radical (unpaired) electrons. The topological polar surface area (TPSA) is 49.9 Å². The number of hydrogen-bond acceptors (Lipinski definition) is 3. The zero-order valence-electron chi connectivity index (χ0n) is 13.8. The second-order valence-electron chi connectivity index (χ2n) is 6.62. The van der Waals surface area contributed by atoms with Gasteiger partial charge < -0.3 is 14.5 Å². The highest BCUT2D eigenvalue weighted by atomic mass is 127. The predicted octanol–water partition coefficient (Wildman–Crippen LogP) is 3.37. The van der Waals surface area contributed by atoms with E-state index in [9.17, 15) is 9.59 Å². The zero-order valence-corrected chi connectivity index (χ0v) is 16.0. The van der Waals surface area contributed by atoms with E-state index in [0.717, 1.165) is 9.99 Å². The second-order valence-corrected chi connectivity index (χ2v) is 7.87. The lowest BCUT2D eigenvalue weighted by molar-refractivity contribution is 0.0255. The molecule has 0 spiro atoms. The summed E-state index contributed by atoms with van der Waals surface area (Å²) >= 11 is 2.20. The molecule has 0 atom stereocenters. The standard InChI is InChI=1S/C17H23IN2O3/c1-17(2,3)23-16(22)20-9-5-8-19(10-11-20)15(21)13-6-4-7-14(18)12-13/h4,6-7,12H,5,8-11H2,1-3H3. The number of nitrogens with zero attached hydrogens (tertiary/aromatic N) is 2. The van der Waals surface area contributed by atoms with Crippen molar-refractivity contribution >= 4 is 34.6 Å². The number of hydrogen-bond donors (Lipinski definition) is 0. The fourth-order valence-corrected chi connectivity index (χ4v) is 2.98. The van der Waals surface area contributed by atoms with Gasteiger partial charge in [0.1, 0.15) is 5.60 Å². The number of amides is 2. The Kier molecular flexibility index (Phi) is 5.89. The van der Waals surface area contributed by atoms with Crippen molar-refractivity contribution in [2.45, 2.75) is 32.8 Å². The van der Waals surface area contributed by atoms with Gasteiger partial charge >= 0.3 is 6.09 Å². The molecule has 1 heterocycles. The van der Waals surface area contributed by atoms with Crippen LogP contribution in [0.4, 0.5) is 4.79 Å². The minimum absolute atomic E-state index is 0.0227. The molecule has 1 aliphatic rings. The maximum absolute atomic E-state index is 12.6. The highest BCUT2D eigenvalue weighted by Crippen LogP contribution is 2.15. The normalized spacial score (nSPS) is 16.0. The van der Waals surface area contributed by atoms with Crippen LogP contribution in [0.25, 0.3) is 0 Å². The average molecular weight is 430 g/mol. The first-order chi connectivity index (χ1) is 10.8. The maximum Gasteiger partial charge on any atom is 0.410 e. The summed E-state index contributed by atoms with van der Waals surface area (Å²) in [5, 5.41) is 0. The summed E-state index contributed by atoms with van der Waals surface area (Å²) in [6, 6.07) is 7.57. The number of rotatable bonds is 1. The van der Waals surface area contributed by atoms with Crippen molar-refractivity contribution in [3.05, 3.63) is 33.4 Å². The summed E-state index contributed by atoms with van der Waals surface area (Å²) in [4.78, 5) is 28.3. The molecule has 6 heteroatoms. The molecular weight excluding hydrogens is 407 g/mol. The van der Waals surface area contributed by atoms with Crippen LogP contribution in [0.3, 0.4) is 0 Å². The first kappa shape index (κ1) is 18.0. The van der Waals surface area contributed by atoms with Crippen LogP contribution in [-0.2, 0) is 4.74 Å². The number of carbonyl (C=O) groups is 2. The van der Waals surface area contributed by atoms with Crippen molar-refractivity contribution < 1.29 is 14.3 Å². The van der Waals surface area contributed by atoms with E-state index >= 15 is 0 Å². The van der Waals surface area contributed by atoms with Crippen LogP contribution in [-0.4, -0.2) is 53.6 Å². The van der Waals surface area contributed by atoms with E-state index in [-0.39, 0.29) is 12.0 Å². The fraction of sp³-hybridized carbons (Fsp3) is 0.529. The first-order valence-electron chi connectivity index (χ1n) is 7.79. The number of ether oxygens (including phenoxy) is 1. The third-order valence-corrected chi connectivity index (χ3v) is 4.18. The molecule has 23 heavy (non-hydrogen) atoms. The van der Waals surface area contributed by atoms with E-state index in [1.54, 1.807) is 4.90 Å². The van der Waals surface area contributed by atoms with Crippen LogP contribution in [0.5, 0.6) is 0 Å². The third kappa shape index (κ3) is 5.37. The summed E-state index contributed by atoms with van der Waals surface area (Å²) < 4.78 is 6.45.